The topological polar surface area (TPSA) is 52.6 Å². The molecule has 110 valence electrons. The van der Waals surface area contributed by atoms with E-state index in [9.17, 15) is 4.79 Å². The molecule has 1 saturated carbocycles. The summed E-state index contributed by atoms with van der Waals surface area (Å²) in [5.41, 5.74) is 2.41. The van der Waals surface area contributed by atoms with E-state index in [0.717, 1.165) is 17.8 Å². The minimum absolute atomic E-state index is 0.235. The molecular weight excluding hydrogens is 252 g/mol. The van der Waals surface area contributed by atoms with Crippen LogP contribution in [0.15, 0.2) is 18.2 Å². The van der Waals surface area contributed by atoms with Gasteiger partial charge in [0.2, 0.25) is 0 Å². The maximum absolute atomic E-state index is 11.0. The summed E-state index contributed by atoms with van der Waals surface area (Å²) < 4.78 is 0. The summed E-state index contributed by atoms with van der Waals surface area (Å²) in [5.74, 6) is -0.866. The number of carboxylic acids is 1. The van der Waals surface area contributed by atoms with E-state index in [1.165, 1.54) is 25.7 Å². The molecule has 1 aromatic carbocycles. The summed E-state index contributed by atoms with van der Waals surface area (Å²) in [6.45, 7) is 2.75. The average molecular weight is 276 g/mol. The van der Waals surface area contributed by atoms with Crippen LogP contribution in [-0.2, 0) is 0 Å². The van der Waals surface area contributed by atoms with Crippen LogP contribution in [0.3, 0.4) is 0 Å². The van der Waals surface area contributed by atoms with Gasteiger partial charge in [0.25, 0.3) is 0 Å². The molecular formula is C16H24N2O2. The van der Waals surface area contributed by atoms with E-state index in [4.69, 9.17) is 5.11 Å². The molecule has 0 heterocycles. The number of aromatic carboxylic acids is 1. The summed E-state index contributed by atoms with van der Waals surface area (Å²) in [4.78, 5) is 13.3. The Morgan fingerprint density at radius 2 is 2.00 bits per heavy atom. The van der Waals surface area contributed by atoms with E-state index >= 15 is 0 Å². The third kappa shape index (κ3) is 2.96. The standard InChI is InChI=1S/C16H24N2O2/c1-12-10-13(6-7-14(12)15(19)20)17-11-16(18(2)3)8-4-5-9-16/h6-7,10,17H,4-5,8-9,11H2,1-3H3,(H,19,20). The maximum Gasteiger partial charge on any atom is 0.335 e. The van der Waals surface area contributed by atoms with Crippen molar-refractivity contribution in [2.45, 2.75) is 38.1 Å². The zero-order valence-electron chi connectivity index (χ0n) is 12.6. The average Bonchev–Trinajstić information content (AvgIpc) is 2.86. The SMILES string of the molecule is Cc1cc(NCC2(N(C)C)CCCC2)ccc1C(=O)O. The highest BCUT2D eigenvalue weighted by Crippen LogP contribution is 2.34. The van der Waals surface area contributed by atoms with Crippen LogP contribution >= 0.6 is 0 Å². The van der Waals surface area contributed by atoms with Crippen molar-refractivity contribution in [1.82, 2.24) is 4.90 Å². The van der Waals surface area contributed by atoms with E-state index in [-0.39, 0.29) is 5.54 Å². The molecule has 0 saturated heterocycles. The van der Waals surface area contributed by atoms with E-state index in [0.29, 0.717) is 5.56 Å². The Kier molecular flexibility index (Phi) is 4.33. The minimum atomic E-state index is -0.866. The van der Waals surface area contributed by atoms with Gasteiger partial charge >= 0.3 is 5.97 Å². The number of likely N-dealkylation sites (N-methyl/N-ethyl adjacent to an activating group) is 1. The lowest BCUT2D eigenvalue weighted by molar-refractivity contribution is 0.0696. The Bertz CT molecular complexity index is 491. The van der Waals surface area contributed by atoms with Crippen molar-refractivity contribution >= 4 is 11.7 Å². The Labute approximate surface area is 120 Å². The van der Waals surface area contributed by atoms with Gasteiger partial charge in [-0.1, -0.05) is 12.8 Å². The van der Waals surface area contributed by atoms with Gasteiger partial charge in [-0.05, 0) is 57.6 Å². The molecule has 4 heteroatoms. The molecule has 1 aromatic rings. The summed E-state index contributed by atoms with van der Waals surface area (Å²) >= 11 is 0. The van der Waals surface area contributed by atoms with Crippen LogP contribution in [0.5, 0.6) is 0 Å². The largest absolute Gasteiger partial charge is 0.478 e. The van der Waals surface area contributed by atoms with E-state index in [1.54, 1.807) is 6.07 Å². The number of nitrogens with zero attached hydrogens (tertiary/aromatic N) is 1. The van der Waals surface area contributed by atoms with Crippen molar-refractivity contribution in [2.75, 3.05) is 26.0 Å². The molecule has 0 bridgehead atoms. The number of carbonyl (C=O) groups is 1. The molecule has 1 fully saturated rings. The molecule has 0 amide bonds. The van der Waals surface area contributed by atoms with Gasteiger partial charge in [-0.15, -0.1) is 0 Å². The van der Waals surface area contributed by atoms with Gasteiger partial charge in [-0.25, -0.2) is 4.79 Å². The lowest BCUT2D eigenvalue weighted by atomic mass is 9.95. The fourth-order valence-electron chi connectivity index (χ4n) is 3.10. The van der Waals surface area contributed by atoms with E-state index in [2.05, 4.69) is 24.3 Å². The first-order valence-electron chi connectivity index (χ1n) is 7.20. The zero-order chi connectivity index (χ0) is 14.8. The van der Waals surface area contributed by atoms with Gasteiger partial charge in [0.05, 0.1) is 5.56 Å². The predicted octanol–water partition coefficient (Wildman–Crippen LogP) is 2.98. The number of benzene rings is 1. The van der Waals surface area contributed by atoms with Crippen LogP contribution in [0, 0.1) is 6.92 Å². The Morgan fingerprint density at radius 1 is 1.35 bits per heavy atom. The zero-order valence-corrected chi connectivity index (χ0v) is 12.6. The number of anilines is 1. The third-order valence-electron chi connectivity index (χ3n) is 4.56. The fraction of sp³-hybridized carbons (Fsp3) is 0.562. The Morgan fingerprint density at radius 3 is 2.50 bits per heavy atom. The number of hydrogen-bond acceptors (Lipinski definition) is 3. The van der Waals surface area contributed by atoms with Crippen molar-refractivity contribution in [3.8, 4) is 0 Å². The molecule has 2 N–H and O–H groups in total. The van der Waals surface area contributed by atoms with Gasteiger partial charge in [0.15, 0.2) is 0 Å². The molecule has 0 radical (unpaired) electrons. The molecule has 20 heavy (non-hydrogen) atoms. The first kappa shape index (κ1) is 14.9. The number of nitrogens with one attached hydrogen (secondary N) is 1. The van der Waals surface area contributed by atoms with Crippen LogP contribution in [0.1, 0.15) is 41.6 Å². The smallest absolute Gasteiger partial charge is 0.335 e. The van der Waals surface area contributed by atoms with Gasteiger partial charge in [0.1, 0.15) is 0 Å². The van der Waals surface area contributed by atoms with Gasteiger partial charge in [0, 0.05) is 17.8 Å². The number of rotatable bonds is 5. The van der Waals surface area contributed by atoms with Gasteiger partial charge < -0.3 is 15.3 Å². The number of carboxylic acid groups (broad SMARTS) is 1. The third-order valence-corrected chi connectivity index (χ3v) is 4.56. The van der Waals surface area contributed by atoms with Crippen LogP contribution in [0.2, 0.25) is 0 Å². The van der Waals surface area contributed by atoms with Crippen LogP contribution < -0.4 is 5.32 Å². The molecule has 0 atom stereocenters. The van der Waals surface area contributed by atoms with Crippen molar-refractivity contribution in [2.24, 2.45) is 0 Å². The predicted molar refractivity (Wildman–Crippen MR) is 81.5 cm³/mol. The van der Waals surface area contributed by atoms with Crippen LogP contribution in [0.4, 0.5) is 5.69 Å². The highest BCUT2D eigenvalue weighted by atomic mass is 16.4. The lowest BCUT2D eigenvalue weighted by Crippen LogP contribution is -2.47. The van der Waals surface area contributed by atoms with Gasteiger partial charge in [-0.3, -0.25) is 0 Å². The highest BCUT2D eigenvalue weighted by molar-refractivity contribution is 5.89. The fourth-order valence-corrected chi connectivity index (χ4v) is 3.10. The van der Waals surface area contributed by atoms with Crippen LogP contribution in [-0.4, -0.2) is 42.2 Å². The molecule has 0 aromatic heterocycles. The van der Waals surface area contributed by atoms with Crippen molar-refractivity contribution in [3.05, 3.63) is 29.3 Å². The van der Waals surface area contributed by atoms with E-state index in [1.807, 2.05) is 19.1 Å². The second-order valence-electron chi connectivity index (χ2n) is 6.01. The normalized spacial score (nSPS) is 17.4. The lowest BCUT2D eigenvalue weighted by Gasteiger charge is -2.36. The number of hydrogen-bond donors (Lipinski definition) is 2. The molecule has 2 rings (SSSR count). The van der Waals surface area contributed by atoms with Gasteiger partial charge in [-0.2, -0.15) is 0 Å². The summed E-state index contributed by atoms with van der Waals surface area (Å²) in [7, 11) is 4.29. The van der Waals surface area contributed by atoms with Crippen molar-refractivity contribution in [3.63, 3.8) is 0 Å². The monoisotopic (exact) mass is 276 g/mol. The molecule has 0 spiro atoms. The first-order valence-corrected chi connectivity index (χ1v) is 7.20. The minimum Gasteiger partial charge on any atom is -0.478 e. The van der Waals surface area contributed by atoms with Crippen molar-refractivity contribution < 1.29 is 9.90 Å². The molecule has 0 aliphatic heterocycles. The quantitative estimate of drug-likeness (QED) is 0.868. The summed E-state index contributed by atoms with van der Waals surface area (Å²) in [5, 5.41) is 12.5. The first-order chi connectivity index (χ1) is 9.44. The number of aryl methyl sites for hydroxylation is 1. The second kappa shape index (κ2) is 5.83. The van der Waals surface area contributed by atoms with Crippen molar-refractivity contribution in [1.29, 1.82) is 0 Å². The summed E-state index contributed by atoms with van der Waals surface area (Å²) in [6, 6.07) is 5.45. The molecule has 1 aliphatic carbocycles. The highest BCUT2D eigenvalue weighted by Gasteiger charge is 2.35. The molecule has 1 aliphatic rings. The molecule has 0 unspecified atom stereocenters. The van der Waals surface area contributed by atoms with E-state index < -0.39 is 5.97 Å². The molecule has 4 nitrogen and oxygen atoms in total. The Balaban J connectivity index is 2.07. The Hall–Kier alpha value is -1.55. The second-order valence-corrected chi connectivity index (χ2v) is 6.01. The summed E-state index contributed by atoms with van der Waals surface area (Å²) in [6.07, 6.45) is 5.02. The van der Waals surface area contributed by atoms with Crippen LogP contribution in [0.25, 0.3) is 0 Å². The maximum atomic E-state index is 11.0.